The van der Waals surface area contributed by atoms with Crippen molar-refractivity contribution in [2.45, 2.75) is 38.8 Å². The first kappa shape index (κ1) is 18.0. The Morgan fingerprint density at radius 3 is 2.25 bits per heavy atom. The van der Waals surface area contributed by atoms with E-state index in [1.54, 1.807) is 0 Å². The van der Waals surface area contributed by atoms with E-state index in [0.29, 0.717) is 6.79 Å². The Bertz CT molecular complexity index is 763. The van der Waals surface area contributed by atoms with Crippen LogP contribution in [0.15, 0.2) is 30.6 Å². The number of hydrogen-bond acceptors (Lipinski definition) is 5. The molecule has 0 aliphatic carbocycles. The topological polar surface area (TPSA) is 53.6 Å². The van der Waals surface area contributed by atoms with Crippen LogP contribution < -0.4 is 9.47 Å². The number of nitrogens with zero attached hydrogens (tertiary/aromatic N) is 3. The zero-order valence-corrected chi connectivity index (χ0v) is 16.5. The number of piperidine rings is 2. The molecule has 1 N–H and O–H groups in total. The number of hydrogen-bond donors (Lipinski definition) is 1. The van der Waals surface area contributed by atoms with Gasteiger partial charge in [0.2, 0.25) is 6.79 Å². The molecule has 0 saturated carbocycles. The van der Waals surface area contributed by atoms with Crippen LogP contribution in [0, 0.1) is 11.8 Å². The van der Waals surface area contributed by atoms with Crippen molar-refractivity contribution in [1.82, 2.24) is 19.8 Å². The minimum atomic E-state index is 0.352. The number of imidazole rings is 1. The van der Waals surface area contributed by atoms with E-state index in [4.69, 9.17) is 9.47 Å². The summed E-state index contributed by atoms with van der Waals surface area (Å²) in [6.07, 6.45) is 9.13. The predicted octanol–water partition coefficient (Wildman–Crippen LogP) is 3.26. The lowest BCUT2D eigenvalue weighted by Gasteiger charge is -2.40. The number of benzene rings is 1. The number of fused-ring (bicyclic) bond motifs is 1. The van der Waals surface area contributed by atoms with Gasteiger partial charge in [0.25, 0.3) is 0 Å². The van der Waals surface area contributed by atoms with Crippen molar-refractivity contribution in [3.63, 3.8) is 0 Å². The Hall–Kier alpha value is -2.05. The summed E-state index contributed by atoms with van der Waals surface area (Å²) in [4.78, 5) is 12.7. The Kier molecular flexibility index (Phi) is 5.23. The largest absolute Gasteiger partial charge is 0.454 e. The molecule has 5 rings (SSSR count). The lowest BCUT2D eigenvalue weighted by atomic mass is 9.78. The highest BCUT2D eigenvalue weighted by molar-refractivity contribution is 5.44. The van der Waals surface area contributed by atoms with Crippen LogP contribution in [0.3, 0.4) is 0 Å². The van der Waals surface area contributed by atoms with Crippen LogP contribution in [0.1, 0.15) is 37.1 Å². The van der Waals surface area contributed by atoms with Gasteiger partial charge in [0.15, 0.2) is 11.5 Å². The van der Waals surface area contributed by atoms with Gasteiger partial charge in [-0.15, -0.1) is 0 Å². The molecule has 0 radical (unpaired) electrons. The van der Waals surface area contributed by atoms with E-state index in [0.717, 1.165) is 42.2 Å². The normalized spacial score (nSPS) is 22.0. The Labute approximate surface area is 166 Å². The van der Waals surface area contributed by atoms with Gasteiger partial charge in [-0.25, -0.2) is 4.98 Å². The van der Waals surface area contributed by atoms with Crippen molar-refractivity contribution in [3.05, 3.63) is 42.0 Å². The lowest BCUT2D eigenvalue weighted by Crippen LogP contribution is -2.40. The number of rotatable bonds is 5. The van der Waals surface area contributed by atoms with Gasteiger partial charge in [-0.3, -0.25) is 9.80 Å². The van der Waals surface area contributed by atoms with Crippen molar-refractivity contribution >= 4 is 0 Å². The molecule has 4 heterocycles. The van der Waals surface area contributed by atoms with Gasteiger partial charge in [0.05, 0.1) is 6.54 Å². The van der Waals surface area contributed by atoms with Crippen molar-refractivity contribution in [2.75, 3.05) is 33.0 Å². The minimum absolute atomic E-state index is 0.352. The average molecular weight is 383 g/mol. The Morgan fingerprint density at radius 1 is 0.893 bits per heavy atom. The maximum absolute atomic E-state index is 5.52. The zero-order chi connectivity index (χ0) is 18.8. The molecule has 2 fully saturated rings. The summed E-state index contributed by atoms with van der Waals surface area (Å²) in [7, 11) is 0. The SMILES string of the molecule is c1c[nH]c(CN2CCC(C3CCN(Cc4ccc5c(c4)OCO5)CC3)CC2)n1. The van der Waals surface area contributed by atoms with E-state index < -0.39 is 0 Å². The van der Waals surface area contributed by atoms with Crippen molar-refractivity contribution in [1.29, 1.82) is 0 Å². The molecule has 0 atom stereocenters. The molecule has 6 heteroatoms. The molecule has 1 aromatic carbocycles. The summed E-state index contributed by atoms with van der Waals surface area (Å²) in [5.74, 6) is 4.67. The summed E-state index contributed by atoms with van der Waals surface area (Å²) in [5.41, 5.74) is 1.33. The molecule has 1 aromatic heterocycles. The van der Waals surface area contributed by atoms with Gasteiger partial charge >= 0.3 is 0 Å². The number of likely N-dealkylation sites (tertiary alicyclic amines) is 2. The third-order valence-corrected chi connectivity index (χ3v) is 6.70. The first-order valence-electron chi connectivity index (χ1n) is 10.6. The molecule has 0 spiro atoms. The van der Waals surface area contributed by atoms with Gasteiger partial charge in [-0.2, -0.15) is 0 Å². The minimum Gasteiger partial charge on any atom is -0.454 e. The maximum atomic E-state index is 5.52. The second kappa shape index (κ2) is 8.13. The fourth-order valence-electron chi connectivity index (χ4n) is 5.06. The highest BCUT2D eigenvalue weighted by Crippen LogP contribution is 2.35. The fraction of sp³-hybridized carbons (Fsp3) is 0.591. The van der Waals surface area contributed by atoms with E-state index in [1.165, 1.54) is 57.4 Å². The quantitative estimate of drug-likeness (QED) is 0.860. The highest BCUT2D eigenvalue weighted by atomic mass is 16.7. The summed E-state index contributed by atoms with van der Waals surface area (Å²) < 4.78 is 10.9. The Balaban J connectivity index is 1.07. The predicted molar refractivity (Wildman–Crippen MR) is 107 cm³/mol. The molecular weight excluding hydrogens is 352 g/mol. The molecule has 0 amide bonds. The highest BCUT2D eigenvalue weighted by Gasteiger charge is 2.29. The lowest BCUT2D eigenvalue weighted by molar-refractivity contribution is 0.0900. The number of nitrogens with one attached hydrogen (secondary N) is 1. The summed E-state index contributed by atoms with van der Waals surface area (Å²) in [6, 6.07) is 6.36. The summed E-state index contributed by atoms with van der Waals surface area (Å²) in [6.45, 7) is 7.19. The second-order valence-corrected chi connectivity index (χ2v) is 8.45. The van der Waals surface area contributed by atoms with E-state index in [1.807, 2.05) is 18.5 Å². The van der Waals surface area contributed by atoms with Gasteiger partial charge in [0, 0.05) is 18.9 Å². The molecule has 0 bridgehead atoms. The van der Waals surface area contributed by atoms with Crippen LogP contribution >= 0.6 is 0 Å². The number of aromatic amines is 1. The first-order valence-corrected chi connectivity index (χ1v) is 10.6. The molecular formula is C22H30N4O2. The molecule has 0 unspecified atom stereocenters. The van der Waals surface area contributed by atoms with Crippen LogP contribution in [-0.2, 0) is 13.1 Å². The molecule has 6 nitrogen and oxygen atoms in total. The molecule has 3 aliphatic heterocycles. The average Bonchev–Trinajstić information content (AvgIpc) is 3.41. The van der Waals surface area contributed by atoms with Gasteiger partial charge < -0.3 is 14.5 Å². The van der Waals surface area contributed by atoms with Crippen LogP contribution in [0.25, 0.3) is 0 Å². The van der Waals surface area contributed by atoms with Crippen LogP contribution in [0.5, 0.6) is 11.5 Å². The monoisotopic (exact) mass is 382 g/mol. The van der Waals surface area contributed by atoms with E-state index in [9.17, 15) is 0 Å². The third-order valence-electron chi connectivity index (χ3n) is 6.70. The van der Waals surface area contributed by atoms with Crippen LogP contribution in [-0.4, -0.2) is 52.7 Å². The van der Waals surface area contributed by atoms with Crippen molar-refractivity contribution < 1.29 is 9.47 Å². The fourth-order valence-corrected chi connectivity index (χ4v) is 5.06. The Morgan fingerprint density at radius 2 is 1.57 bits per heavy atom. The van der Waals surface area contributed by atoms with Crippen molar-refractivity contribution in [2.24, 2.45) is 11.8 Å². The molecule has 150 valence electrons. The van der Waals surface area contributed by atoms with E-state index in [2.05, 4.69) is 31.9 Å². The summed E-state index contributed by atoms with van der Waals surface area (Å²) >= 11 is 0. The number of ether oxygens (including phenoxy) is 2. The summed E-state index contributed by atoms with van der Waals surface area (Å²) in [5, 5.41) is 0. The number of H-pyrrole nitrogens is 1. The molecule has 28 heavy (non-hydrogen) atoms. The van der Waals surface area contributed by atoms with Gasteiger partial charge in [0.1, 0.15) is 5.82 Å². The third kappa shape index (κ3) is 4.03. The standard InChI is InChI=1S/C22H30N4O2/c1-2-20-21(28-16-27-20)13-17(1)14-25-9-3-18(4-10-25)19-5-11-26(12-6-19)15-22-23-7-8-24-22/h1-2,7-8,13,18-19H,3-6,9-12,14-16H2,(H,23,24). The van der Waals surface area contributed by atoms with Crippen LogP contribution in [0.2, 0.25) is 0 Å². The van der Waals surface area contributed by atoms with E-state index >= 15 is 0 Å². The zero-order valence-electron chi connectivity index (χ0n) is 16.5. The second-order valence-electron chi connectivity index (χ2n) is 8.45. The smallest absolute Gasteiger partial charge is 0.231 e. The molecule has 2 saturated heterocycles. The number of aromatic nitrogens is 2. The van der Waals surface area contributed by atoms with Gasteiger partial charge in [-0.05, 0) is 81.4 Å². The van der Waals surface area contributed by atoms with E-state index in [-0.39, 0.29) is 0 Å². The molecule has 3 aliphatic rings. The molecule has 2 aromatic rings. The van der Waals surface area contributed by atoms with Crippen molar-refractivity contribution in [3.8, 4) is 11.5 Å². The first-order chi connectivity index (χ1) is 13.8. The van der Waals surface area contributed by atoms with Gasteiger partial charge in [-0.1, -0.05) is 6.07 Å². The van der Waals surface area contributed by atoms with Crippen LogP contribution in [0.4, 0.5) is 0 Å². The maximum Gasteiger partial charge on any atom is 0.231 e.